The van der Waals surface area contributed by atoms with Crippen LogP contribution in [0.3, 0.4) is 0 Å². The van der Waals surface area contributed by atoms with Gasteiger partial charge in [-0.25, -0.2) is 15.0 Å². The number of nitrogens with one attached hydrogen (secondary N) is 2. The van der Waals surface area contributed by atoms with Crippen molar-refractivity contribution in [2.24, 2.45) is 0 Å². The third-order valence-electron chi connectivity index (χ3n) is 6.39. The molecule has 2 heterocycles. The molecule has 0 aliphatic carbocycles. The zero-order valence-electron chi connectivity index (χ0n) is 23.9. The summed E-state index contributed by atoms with van der Waals surface area (Å²) in [5, 5.41) is 5.92. The van der Waals surface area contributed by atoms with E-state index in [-0.39, 0.29) is 17.5 Å². The monoisotopic (exact) mass is 582 g/mol. The van der Waals surface area contributed by atoms with Gasteiger partial charge in [0.1, 0.15) is 18.0 Å². The molecule has 42 heavy (non-hydrogen) atoms. The summed E-state index contributed by atoms with van der Waals surface area (Å²) in [6.07, 6.45) is -0.970. The summed E-state index contributed by atoms with van der Waals surface area (Å²) in [4.78, 5) is 29.5. The summed E-state index contributed by atoms with van der Waals surface area (Å²) in [7, 11) is 7.43. The van der Waals surface area contributed by atoms with Gasteiger partial charge in [0.2, 0.25) is 11.9 Å². The Morgan fingerprint density at radius 3 is 2.55 bits per heavy atom. The molecule has 0 aliphatic heterocycles. The highest BCUT2D eigenvalue weighted by Crippen LogP contribution is 2.38. The Labute approximate surface area is 241 Å². The van der Waals surface area contributed by atoms with Crippen LogP contribution in [0.2, 0.25) is 0 Å². The predicted octanol–water partition coefficient (Wildman–Crippen LogP) is 5.32. The Kier molecular flexibility index (Phi) is 9.31. The first-order valence-corrected chi connectivity index (χ1v) is 13.1. The number of nitrogens with zero attached hydrogens (tertiary/aromatic N) is 6. The molecule has 222 valence electrons. The second-order valence-corrected chi connectivity index (χ2v) is 9.86. The topological polar surface area (TPSA) is 100 Å². The van der Waals surface area contributed by atoms with Crippen LogP contribution >= 0.6 is 0 Å². The number of carbonyl (C=O) groups is 1. The van der Waals surface area contributed by atoms with Gasteiger partial charge in [-0.1, -0.05) is 18.7 Å². The Balaban J connectivity index is 1.71. The van der Waals surface area contributed by atoms with Crippen molar-refractivity contribution in [2.75, 3.05) is 56.9 Å². The predicted molar refractivity (Wildman–Crippen MR) is 158 cm³/mol. The van der Waals surface area contributed by atoms with Crippen molar-refractivity contribution in [1.29, 1.82) is 0 Å². The van der Waals surface area contributed by atoms with Crippen LogP contribution in [0.5, 0.6) is 5.75 Å². The van der Waals surface area contributed by atoms with Crippen LogP contribution in [0.15, 0.2) is 61.3 Å². The first kappa shape index (κ1) is 30.3. The third-order valence-corrected chi connectivity index (χ3v) is 6.39. The number of anilines is 4. The van der Waals surface area contributed by atoms with Crippen molar-refractivity contribution in [3.05, 3.63) is 61.3 Å². The summed E-state index contributed by atoms with van der Waals surface area (Å²) in [5.41, 5.74) is 2.61. The van der Waals surface area contributed by atoms with Crippen LogP contribution in [0.1, 0.15) is 6.42 Å². The number of rotatable bonds is 12. The van der Waals surface area contributed by atoms with Gasteiger partial charge >= 0.3 is 6.18 Å². The number of methoxy groups -OCH3 is 1. The second kappa shape index (κ2) is 12.9. The SMILES string of the molecule is C=CC(=O)Nc1cc(Nc2nccc(-c3nc4ccccc4n3CC(F)(F)F)n2)c(OC)cc1N(C)CCCN(C)C. The number of fused-ring (bicyclic) bond motifs is 1. The number of benzene rings is 2. The molecule has 0 aliphatic rings. The van der Waals surface area contributed by atoms with E-state index < -0.39 is 18.6 Å². The molecule has 0 fully saturated rings. The number of amides is 1. The molecule has 2 aromatic heterocycles. The molecule has 0 saturated heterocycles. The molecule has 0 saturated carbocycles. The van der Waals surface area contributed by atoms with Gasteiger partial charge in [0.25, 0.3) is 0 Å². The van der Waals surface area contributed by atoms with Gasteiger partial charge in [-0.05, 0) is 57.4 Å². The van der Waals surface area contributed by atoms with Gasteiger partial charge in [0.15, 0.2) is 5.82 Å². The summed E-state index contributed by atoms with van der Waals surface area (Å²) >= 11 is 0. The lowest BCUT2D eigenvalue weighted by Gasteiger charge is -2.25. The standard InChI is InChI=1S/C29H33F3N8O2/c1-6-26(41)34-21-16-22(25(42-5)17-24(21)39(4)15-9-14-38(2)3)37-28-33-13-12-20(36-28)27-35-19-10-7-8-11-23(19)40(27)18-29(30,31)32/h6-8,10-13,16-17H,1,9,14-15,18H2,2-5H3,(H,34,41)(H,33,36,37). The molecular formula is C29H33F3N8O2. The van der Waals surface area contributed by atoms with Crippen LogP contribution in [-0.2, 0) is 11.3 Å². The molecule has 1 amide bonds. The molecule has 2 aromatic carbocycles. The minimum atomic E-state index is -4.46. The van der Waals surface area contributed by atoms with Crippen molar-refractivity contribution in [1.82, 2.24) is 24.4 Å². The van der Waals surface area contributed by atoms with Gasteiger partial charge in [0.05, 0.1) is 35.2 Å². The van der Waals surface area contributed by atoms with Gasteiger partial charge in [0, 0.05) is 25.9 Å². The Bertz CT molecular complexity index is 1570. The van der Waals surface area contributed by atoms with Crippen molar-refractivity contribution < 1.29 is 22.7 Å². The largest absolute Gasteiger partial charge is 0.494 e. The zero-order chi connectivity index (χ0) is 30.4. The lowest BCUT2D eigenvalue weighted by molar-refractivity contribution is -0.139. The van der Waals surface area contributed by atoms with Crippen LogP contribution in [0, 0.1) is 0 Å². The molecule has 0 spiro atoms. The molecule has 13 heteroatoms. The molecule has 0 radical (unpaired) electrons. The first-order chi connectivity index (χ1) is 20.0. The maximum atomic E-state index is 13.5. The third kappa shape index (κ3) is 7.35. The summed E-state index contributed by atoms with van der Waals surface area (Å²) < 4.78 is 47.2. The number of ether oxygens (including phenoxy) is 1. The average molecular weight is 583 g/mol. The molecule has 4 aromatic rings. The van der Waals surface area contributed by atoms with Crippen molar-refractivity contribution >= 4 is 40.0 Å². The van der Waals surface area contributed by atoms with Gasteiger partial charge in [-0.2, -0.15) is 13.2 Å². The fourth-order valence-corrected chi connectivity index (χ4v) is 4.45. The Hall–Kier alpha value is -4.65. The smallest absolute Gasteiger partial charge is 0.406 e. The fourth-order valence-electron chi connectivity index (χ4n) is 4.45. The first-order valence-electron chi connectivity index (χ1n) is 13.1. The molecule has 2 N–H and O–H groups in total. The average Bonchev–Trinajstić information content (AvgIpc) is 3.30. The van der Waals surface area contributed by atoms with E-state index in [0.717, 1.165) is 29.8 Å². The van der Waals surface area contributed by atoms with Gasteiger partial charge in [-0.3, -0.25) is 4.79 Å². The number of hydrogen-bond donors (Lipinski definition) is 2. The van der Waals surface area contributed by atoms with E-state index in [2.05, 4.69) is 37.1 Å². The quantitative estimate of drug-likeness (QED) is 0.217. The Morgan fingerprint density at radius 2 is 1.86 bits per heavy atom. The Morgan fingerprint density at radius 1 is 1.10 bits per heavy atom. The number of imidazole rings is 1. The summed E-state index contributed by atoms with van der Waals surface area (Å²) in [5.74, 6) is 0.208. The maximum absolute atomic E-state index is 13.5. The van der Waals surface area contributed by atoms with E-state index in [0.29, 0.717) is 28.2 Å². The van der Waals surface area contributed by atoms with Crippen LogP contribution in [-0.4, -0.2) is 77.8 Å². The summed E-state index contributed by atoms with van der Waals surface area (Å²) in [6.45, 7) is 3.92. The van der Waals surface area contributed by atoms with E-state index in [1.807, 2.05) is 26.0 Å². The van der Waals surface area contributed by atoms with E-state index >= 15 is 0 Å². The van der Waals surface area contributed by atoms with Crippen molar-refractivity contribution in [2.45, 2.75) is 19.1 Å². The number of alkyl halides is 3. The normalized spacial score (nSPS) is 11.5. The zero-order valence-corrected chi connectivity index (χ0v) is 23.9. The summed E-state index contributed by atoms with van der Waals surface area (Å²) in [6, 6.07) is 11.6. The van der Waals surface area contributed by atoms with E-state index in [9.17, 15) is 18.0 Å². The number of halogens is 3. The van der Waals surface area contributed by atoms with E-state index in [4.69, 9.17) is 4.74 Å². The second-order valence-electron chi connectivity index (χ2n) is 9.86. The lowest BCUT2D eigenvalue weighted by Crippen LogP contribution is -2.24. The maximum Gasteiger partial charge on any atom is 0.406 e. The van der Waals surface area contributed by atoms with Crippen molar-refractivity contribution in [3.8, 4) is 17.3 Å². The lowest BCUT2D eigenvalue weighted by atomic mass is 10.2. The van der Waals surface area contributed by atoms with E-state index in [1.54, 1.807) is 36.4 Å². The fraction of sp³-hybridized carbons (Fsp3) is 0.310. The van der Waals surface area contributed by atoms with Crippen molar-refractivity contribution in [3.63, 3.8) is 0 Å². The highest BCUT2D eigenvalue weighted by atomic mass is 19.4. The number of para-hydroxylation sites is 2. The molecule has 10 nitrogen and oxygen atoms in total. The van der Waals surface area contributed by atoms with Crippen LogP contribution in [0.4, 0.5) is 36.2 Å². The number of carbonyl (C=O) groups excluding carboxylic acids is 1. The number of hydrogen-bond acceptors (Lipinski definition) is 8. The minimum Gasteiger partial charge on any atom is -0.494 e. The highest BCUT2D eigenvalue weighted by Gasteiger charge is 2.31. The van der Waals surface area contributed by atoms with Crippen LogP contribution < -0.4 is 20.3 Å². The van der Waals surface area contributed by atoms with Gasteiger partial charge in [-0.15, -0.1) is 0 Å². The highest BCUT2D eigenvalue weighted by molar-refractivity contribution is 6.02. The molecular weight excluding hydrogens is 549 g/mol. The molecule has 4 rings (SSSR count). The van der Waals surface area contributed by atoms with Crippen LogP contribution in [0.25, 0.3) is 22.6 Å². The minimum absolute atomic E-state index is 0.0552. The van der Waals surface area contributed by atoms with Gasteiger partial charge < -0.3 is 29.7 Å². The van der Waals surface area contributed by atoms with E-state index in [1.165, 1.54) is 25.4 Å². The molecule has 0 bridgehead atoms. The molecule has 0 atom stereocenters. The number of aromatic nitrogens is 4. The molecule has 0 unspecified atom stereocenters.